The number of nitrogens with one attached hydrogen (secondary N) is 1. The van der Waals surface area contributed by atoms with Gasteiger partial charge in [-0.1, -0.05) is 43.1 Å². The molecule has 1 aromatic carbocycles. The summed E-state index contributed by atoms with van der Waals surface area (Å²) in [6, 6.07) is 4.94. The van der Waals surface area contributed by atoms with Crippen LogP contribution in [0.3, 0.4) is 0 Å². The van der Waals surface area contributed by atoms with E-state index in [0.717, 1.165) is 0 Å². The Bertz CT molecular complexity index is 694. The highest BCUT2D eigenvalue weighted by molar-refractivity contribution is 7.88. The van der Waals surface area contributed by atoms with E-state index in [1.807, 2.05) is 13.8 Å². The molecule has 1 aliphatic heterocycles. The summed E-state index contributed by atoms with van der Waals surface area (Å²) in [5, 5.41) is 3.61. The van der Waals surface area contributed by atoms with Crippen LogP contribution in [-0.4, -0.2) is 38.3 Å². The number of hydrogen-bond donors (Lipinski definition) is 1. The van der Waals surface area contributed by atoms with E-state index in [4.69, 9.17) is 23.2 Å². The van der Waals surface area contributed by atoms with Gasteiger partial charge in [0.2, 0.25) is 15.9 Å². The van der Waals surface area contributed by atoms with Crippen molar-refractivity contribution in [1.82, 2.24) is 9.62 Å². The first kappa shape index (κ1) is 20.5. The molecule has 25 heavy (non-hydrogen) atoms. The first-order valence-corrected chi connectivity index (χ1v) is 10.8. The van der Waals surface area contributed by atoms with E-state index in [9.17, 15) is 13.2 Å². The third kappa shape index (κ3) is 5.58. The number of halogens is 2. The minimum atomic E-state index is -3.52. The molecule has 0 radical (unpaired) electrons. The number of amides is 1. The lowest BCUT2D eigenvalue weighted by Crippen LogP contribution is -2.43. The van der Waals surface area contributed by atoms with Gasteiger partial charge in [0, 0.05) is 41.2 Å². The molecule has 1 fully saturated rings. The number of carbonyl (C=O) groups is 1. The third-order valence-electron chi connectivity index (χ3n) is 4.29. The maximum atomic E-state index is 12.7. The monoisotopic (exact) mass is 406 g/mol. The van der Waals surface area contributed by atoms with Gasteiger partial charge in [0.25, 0.3) is 0 Å². The van der Waals surface area contributed by atoms with Crippen molar-refractivity contribution in [3.63, 3.8) is 0 Å². The van der Waals surface area contributed by atoms with E-state index in [-0.39, 0.29) is 17.6 Å². The first-order chi connectivity index (χ1) is 11.7. The maximum Gasteiger partial charge on any atom is 0.223 e. The average Bonchev–Trinajstić information content (AvgIpc) is 2.56. The number of hydrogen-bond acceptors (Lipinski definition) is 3. The Balaban J connectivity index is 1.96. The molecule has 0 aliphatic carbocycles. The fourth-order valence-corrected chi connectivity index (χ4v) is 5.10. The van der Waals surface area contributed by atoms with Crippen LogP contribution in [0.25, 0.3) is 0 Å². The zero-order chi connectivity index (χ0) is 18.6. The van der Waals surface area contributed by atoms with E-state index in [1.165, 1.54) is 4.31 Å². The number of sulfonamides is 1. The summed E-state index contributed by atoms with van der Waals surface area (Å²) in [5.41, 5.74) is 0.419. The molecule has 0 saturated carbocycles. The predicted octanol–water partition coefficient (Wildman–Crippen LogP) is 3.31. The van der Waals surface area contributed by atoms with Gasteiger partial charge in [-0.25, -0.2) is 12.7 Å². The largest absolute Gasteiger partial charge is 0.356 e. The van der Waals surface area contributed by atoms with E-state index in [1.54, 1.807) is 18.2 Å². The van der Waals surface area contributed by atoms with Gasteiger partial charge in [-0.3, -0.25) is 4.79 Å². The predicted molar refractivity (Wildman–Crippen MR) is 101 cm³/mol. The molecule has 1 aliphatic rings. The average molecular weight is 407 g/mol. The van der Waals surface area contributed by atoms with Crippen molar-refractivity contribution in [2.75, 3.05) is 19.6 Å². The van der Waals surface area contributed by atoms with Crippen molar-refractivity contribution >= 4 is 39.1 Å². The van der Waals surface area contributed by atoms with Gasteiger partial charge in [0.15, 0.2) is 0 Å². The summed E-state index contributed by atoms with van der Waals surface area (Å²) in [6.45, 7) is 5.39. The Morgan fingerprint density at radius 3 is 2.32 bits per heavy atom. The van der Waals surface area contributed by atoms with Gasteiger partial charge < -0.3 is 5.32 Å². The molecule has 5 nitrogen and oxygen atoms in total. The van der Waals surface area contributed by atoms with Crippen LogP contribution < -0.4 is 5.32 Å². The van der Waals surface area contributed by atoms with Gasteiger partial charge in [-0.05, 0) is 30.9 Å². The zero-order valence-electron chi connectivity index (χ0n) is 14.5. The molecule has 0 bridgehead atoms. The number of nitrogens with zero attached hydrogens (tertiary/aromatic N) is 1. The van der Waals surface area contributed by atoms with Gasteiger partial charge >= 0.3 is 0 Å². The van der Waals surface area contributed by atoms with Crippen molar-refractivity contribution in [3.05, 3.63) is 33.8 Å². The summed E-state index contributed by atoms with van der Waals surface area (Å²) in [5.74, 6) is 0.0502. The van der Waals surface area contributed by atoms with Crippen LogP contribution in [0, 0.1) is 11.8 Å². The SMILES string of the molecule is CC(C)CNC(=O)C1CCN(S(=O)(=O)Cc2c(Cl)cccc2Cl)CC1. The normalized spacial score (nSPS) is 17.0. The van der Waals surface area contributed by atoms with Crippen molar-refractivity contribution in [2.24, 2.45) is 11.8 Å². The summed E-state index contributed by atoms with van der Waals surface area (Å²) in [4.78, 5) is 12.1. The van der Waals surface area contributed by atoms with E-state index in [2.05, 4.69) is 5.32 Å². The summed E-state index contributed by atoms with van der Waals surface area (Å²) in [6.07, 6.45) is 1.05. The molecule has 0 aromatic heterocycles. The van der Waals surface area contributed by atoms with Gasteiger partial charge in [0.05, 0.1) is 5.75 Å². The zero-order valence-corrected chi connectivity index (χ0v) is 16.8. The number of rotatable bonds is 6. The van der Waals surface area contributed by atoms with E-state index in [0.29, 0.717) is 54.0 Å². The molecular formula is C17H24Cl2N2O3S. The quantitative estimate of drug-likeness (QED) is 0.787. The van der Waals surface area contributed by atoms with Crippen LogP contribution in [0.1, 0.15) is 32.3 Å². The van der Waals surface area contributed by atoms with Gasteiger partial charge in [-0.15, -0.1) is 0 Å². The molecule has 2 rings (SSSR count). The standard InChI is InChI=1S/C17H24Cl2N2O3S/c1-12(2)10-20-17(22)13-6-8-21(9-7-13)25(23,24)11-14-15(18)4-3-5-16(14)19/h3-5,12-13H,6-11H2,1-2H3,(H,20,22). The van der Waals surface area contributed by atoms with Crippen molar-refractivity contribution < 1.29 is 13.2 Å². The minimum Gasteiger partial charge on any atom is -0.356 e. The lowest BCUT2D eigenvalue weighted by Gasteiger charge is -2.31. The molecule has 0 spiro atoms. The van der Waals surface area contributed by atoms with Crippen molar-refractivity contribution in [3.8, 4) is 0 Å². The lowest BCUT2D eigenvalue weighted by atomic mass is 9.97. The first-order valence-electron chi connectivity index (χ1n) is 8.39. The third-order valence-corrected chi connectivity index (χ3v) is 6.80. The number of piperidine rings is 1. The molecule has 8 heteroatoms. The minimum absolute atomic E-state index is 0.0138. The highest BCUT2D eigenvalue weighted by Crippen LogP contribution is 2.28. The second kappa shape index (κ2) is 8.71. The fourth-order valence-electron chi connectivity index (χ4n) is 2.79. The number of benzene rings is 1. The molecule has 1 saturated heterocycles. The van der Waals surface area contributed by atoms with Crippen LogP contribution in [0.15, 0.2) is 18.2 Å². The Morgan fingerprint density at radius 2 is 1.80 bits per heavy atom. The van der Waals surface area contributed by atoms with E-state index < -0.39 is 10.0 Å². The van der Waals surface area contributed by atoms with Crippen LogP contribution in [-0.2, 0) is 20.6 Å². The van der Waals surface area contributed by atoms with Crippen LogP contribution >= 0.6 is 23.2 Å². The van der Waals surface area contributed by atoms with Gasteiger partial charge in [-0.2, -0.15) is 0 Å². The van der Waals surface area contributed by atoms with Crippen molar-refractivity contribution in [1.29, 1.82) is 0 Å². The Kier molecular flexibility index (Phi) is 7.14. The molecule has 140 valence electrons. The molecule has 1 N–H and O–H groups in total. The Labute approximate surface area is 159 Å². The molecule has 0 unspecified atom stereocenters. The van der Waals surface area contributed by atoms with Crippen LogP contribution in [0.4, 0.5) is 0 Å². The molecule has 1 heterocycles. The van der Waals surface area contributed by atoms with E-state index >= 15 is 0 Å². The van der Waals surface area contributed by atoms with Crippen LogP contribution in [0.2, 0.25) is 10.0 Å². The van der Waals surface area contributed by atoms with Crippen molar-refractivity contribution in [2.45, 2.75) is 32.4 Å². The summed E-state index contributed by atoms with van der Waals surface area (Å²) in [7, 11) is -3.52. The Hall–Kier alpha value is -0.820. The summed E-state index contributed by atoms with van der Waals surface area (Å²) >= 11 is 12.2. The summed E-state index contributed by atoms with van der Waals surface area (Å²) < 4.78 is 26.7. The smallest absolute Gasteiger partial charge is 0.223 e. The lowest BCUT2D eigenvalue weighted by molar-refractivity contribution is -0.126. The topological polar surface area (TPSA) is 66.5 Å². The highest BCUT2D eigenvalue weighted by atomic mass is 35.5. The molecule has 0 atom stereocenters. The molecule has 1 aromatic rings. The number of carbonyl (C=O) groups excluding carboxylic acids is 1. The Morgan fingerprint density at radius 1 is 1.24 bits per heavy atom. The maximum absolute atomic E-state index is 12.7. The second-order valence-electron chi connectivity index (χ2n) is 6.77. The van der Waals surface area contributed by atoms with Gasteiger partial charge in [0.1, 0.15) is 0 Å². The highest BCUT2D eigenvalue weighted by Gasteiger charge is 2.31. The fraction of sp³-hybridized carbons (Fsp3) is 0.588. The molecular weight excluding hydrogens is 383 g/mol. The van der Waals surface area contributed by atoms with Crippen LogP contribution in [0.5, 0.6) is 0 Å². The molecule has 1 amide bonds. The second-order valence-corrected chi connectivity index (χ2v) is 9.55.